The molecule has 0 spiro atoms. The van der Waals surface area contributed by atoms with Gasteiger partial charge in [0, 0.05) is 3.92 Å². The Morgan fingerprint density at radius 1 is 1.00 bits per heavy atom. The van der Waals surface area contributed by atoms with Crippen LogP contribution in [0.1, 0.15) is 25.7 Å². The third kappa shape index (κ3) is 0.939. The molecule has 4 aliphatic rings. The maximum absolute atomic E-state index is 9.99. The molecule has 12 heavy (non-hydrogen) atoms. The number of alkyl halides is 1. The fourth-order valence-corrected chi connectivity index (χ4v) is 5.11. The molecule has 2 heteroatoms. The highest BCUT2D eigenvalue weighted by Gasteiger charge is 2.52. The first-order valence-corrected chi connectivity index (χ1v) is 6.32. The van der Waals surface area contributed by atoms with Crippen LogP contribution in [-0.4, -0.2) is 15.1 Å². The molecule has 1 N–H and O–H groups in total. The van der Waals surface area contributed by atoms with E-state index in [0.29, 0.717) is 11.8 Å². The molecule has 0 aromatic carbocycles. The third-order valence-corrected chi connectivity index (χ3v) is 6.20. The second-order valence-electron chi connectivity index (χ2n) is 4.93. The molecule has 4 aliphatic carbocycles. The van der Waals surface area contributed by atoms with Crippen molar-refractivity contribution < 1.29 is 5.11 Å². The molecule has 4 saturated carbocycles. The number of hydrogen-bond acceptors (Lipinski definition) is 1. The fourth-order valence-electron chi connectivity index (χ4n) is 3.81. The van der Waals surface area contributed by atoms with Gasteiger partial charge in [0.15, 0.2) is 0 Å². The number of rotatable bonds is 0. The molecular weight excluding hydrogens is 263 g/mol. The van der Waals surface area contributed by atoms with Crippen molar-refractivity contribution in [3.63, 3.8) is 0 Å². The average Bonchev–Trinajstić information content (AvgIpc) is 2.07. The summed E-state index contributed by atoms with van der Waals surface area (Å²) in [5.41, 5.74) is 0. The Hall–Kier alpha value is 0.690. The molecule has 4 unspecified atom stereocenters. The van der Waals surface area contributed by atoms with E-state index >= 15 is 0 Å². The highest BCUT2D eigenvalue weighted by Crippen LogP contribution is 2.56. The van der Waals surface area contributed by atoms with E-state index in [1.165, 1.54) is 25.7 Å². The van der Waals surface area contributed by atoms with Crippen LogP contribution in [0.2, 0.25) is 0 Å². The van der Waals surface area contributed by atoms with E-state index in [9.17, 15) is 5.11 Å². The smallest absolute Gasteiger partial charge is 0.0606 e. The molecule has 0 heterocycles. The standard InChI is InChI=1S/C10H15IO/c11-9-6-1-5-2-7(4-6)10(12)8(9)3-5/h5-10,12H,1-4H2/t5?,6?,7?,8?,9-,10-/m1/s1. The van der Waals surface area contributed by atoms with Crippen LogP contribution < -0.4 is 0 Å². The van der Waals surface area contributed by atoms with Crippen molar-refractivity contribution in [1.82, 2.24) is 0 Å². The van der Waals surface area contributed by atoms with Crippen LogP contribution in [0.5, 0.6) is 0 Å². The molecule has 6 atom stereocenters. The van der Waals surface area contributed by atoms with Crippen molar-refractivity contribution >= 4 is 22.6 Å². The molecule has 4 fully saturated rings. The first-order chi connectivity index (χ1) is 5.75. The van der Waals surface area contributed by atoms with Crippen molar-refractivity contribution in [2.24, 2.45) is 23.7 Å². The second kappa shape index (κ2) is 2.59. The van der Waals surface area contributed by atoms with E-state index in [0.717, 1.165) is 15.8 Å². The van der Waals surface area contributed by atoms with Gasteiger partial charge in [-0.25, -0.2) is 0 Å². The minimum atomic E-state index is 0.0553. The summed E-state index contributed by atoms with van der Waals surface area (Å²) in [7, 11) is 0. The van der Waals surface area contributed by atoms with Crippen molar-refractivity contribution in [3.8, 4) is 0 Å². The first-order valence-electron chi connectivity index (χ1n) is 5.08. The largest absolute Gasteiger partial charge is 0.393 e. The Balaban J connectivity index is 1.93. The van der Waals surface area contributed by atoms with Crippen molar-refractivity contribution in [2.75, 3.05) is 0 Å². The molecule has 0 saturated heterocycles. The molecule has 4 rings (SSSR count). The Morgan fingerprint density at radius 2 is 1.75 bits per heavy atom. The fraction of sp³-hybridized carbons (Fsp3) is 1.00. The topological polar surface area (TPSA) is 20.2 Å². The summed E-state index contributed by atoms with van der Waals surface area (Å²) < 4.78 is 0.783. The van der Waals surface area contributed by atoms with Gasteiger partial charge >= 0.3 is 0 Å². The van der Waals surface area contributed by atoms with Gasteiger partial charge in [-0.15, -0.1) is 0 Å². The number of aliphatic hydroxyl groups is 1. The lowest BCUT2D eigenvalue weighted by atomic mass is 9.55. The lowest BCUT2D eigenvalue weighted by Crippen LogP contribution is -2.53. The molecule has 68 valence electrons. The Kier molecular flexibility index (Phi) is 1.74. The molecule has 0 aliphatic heterocycles. The summed E-state index contributed by atoms with van der Waals surface area (Å²) in [6.07, 6.45) is 5.49. The monoisotopic (exact) mass is 278 g/mol. The van der Waals surface area contributed by atoms with Crippen LogP contribution in [0, 0.1) is 23.7 Å². The zero-order valence-corrected chi connectivity index (χ0v) is 9.28. The van der Waals surface area contributed by atoms with Gasteiger partial charge in [0.2, 0.25) is 0 Å². The molecule has 4 bridgehead atoms. The molecule has 1 nitrogen and oxygen atoms in total. The Labute approximate surface area is 87.1 Å². The highest BCUT2D eigenvalue weighted by molar-refractivity contribution is 14.1. The molecule has 0 aromatic heterocycles. The average molecular weight is 278 g/mol. The van der Waals surface area contributed by atoms with E-state index in [1.807, 2.05) is 0 Å². The lowest BCUT2D eigenvalue weighted by molar-refractivity contribution is -0.0837. The third-order valence-electron chi connectivity index (χ3n) is 4.26. The van der Waals surface area contributed by atoms with Crippen molar-refractivity contribution in [3.05, 3.63) is 0 Å². The van der Waals surface area contributed by atoms with E-state index in [1.54, 1.807) is 0 Å². The zero-order chi connectivity index (χ0) is 8.29. The highest BCUT2D eigenvalue weighted by atomic mass is 127. The van der Waals surface area contributed by atoms with Gasteiger partial charge in [-0.1, -0.05) is 22.6 Å². The van der Waals surface area contributed by atoms with Gasteiger partial charge in [0.25, 0.3) is 0 Å². The lowest BCUT2D eigenvalue weighted by Gasteiger charge is -2.55. The molecule has 0 aromatic rings. The number of hydrogen-bond donors (Lipinski definition) is 1. The Morgan fingerprint density at radius 3 is 2.58 bits per heavy atom. The zero-order valence-electron chi connectivity index (χ0n) is 7.12. The van der Waals surface area contributed by atoms with E-state index in [4.69, 9.17) is 0 Å². The number of halogens is 1. The summed E-state index contributed by atoms with van der Waals surface area (Å²) in [4.78, 5) is 0. The van der Waals surface area contributed by atoms with Gasteiger partial charge in [-0.3, -0.25) is 0 Å². The van der Waals surface area contributed by atoms with Crippen molar-refractivity contribution in [1.29, 1.82) is 0 Å². The van der Waals surface area contributed by atoms with E-state index in [2.05, 4.69) is 22.6 Å². The Bertz CT molecular complexity index is 188. The minimum absolute atomic E-state index is 0.0553. The summed E-state index contributed by atoms with van der Waals surface area (Å²) in [6, 6.07) is 0. The summed E-state index contributed by atoms with van der Waals surface area (Å²) >= 11 is 2.58. The number of aliphatic hydroxyl groups excluding tert-OH is 1. The van der Waals surface area contributed by atoms with Gasteiger partial charge in [0.05, 0.1) is 6.10 Å². The summed E-state index contributed by atoms with van der Waals surface area (Å²) in [5.74, 6) is 3.27. The van der Waals surface area contributed by atoms with E-state index < -0.39 is 0 Å². The van der Waals surface area contributed by atoms with Crippen LogP contribution in [-0.2, 0) is 0 Å². The normalized spacial score (nSPS) is 62.5. The maximum atomic E-state index is 9.99. The predicted molar refractivity (Wildman–Crippen MR) is 56.2 cm³/mol. The van der Waals surface area contributed by atoms with Crippen LogP contribution in [0.3, 0.4) is 0 Å². The molecular formula is C10H15IO. The maximum Gasteiger partial charge on any atom is 0.0606 e. The van der Waals surface area contributed by atoms with Crippen LogP contribution in [0.25, 0.3) is 0 Å². The van der Waals surface area contributed by atoms with Crippen LogP contribution >= 0.6 is 22.6 Å². The molecule has 0 amide bonds. The van der Waals surface area contributed by atoms with Crippen LogP contribution in [0.15, 0.2) is 0 Å². The first kappa shape index (κ1) is 8.04. The molecule has 0 radical (unpaired) electrons. The van der Waals surface area contributed by atoms with Gasteiger partial charge < -0.3 is 5.11 Å². The quantitative estimate of drug-likeness (QED) is 0.532. The van der Waals surface area contributed by atoms with Gasteiger partial charge in [-0.05, 0) is 49.4 Å². The van der Waals surface area contributed by atoms with Gasteiger partial charge in [-0.2, -0.15) is 0 Å². The van der Waals surface area contributed by atoms with Crippen molar-refractivity contribution in [2.45, 2.75) is 35.7 Å². The predicted octanol–water partition coefficient (Wildman–Crippen LogP) is 2.22. The minimum Gasteiger partial charge on any atom is -0.393 e. The summed E-state index contributed by atoms with van der Waals surface area (Å²) in [5, 5.41) is 9.99. The van der Waals surface area contributed by atoms with E-state index in [-0.39, 0.29) is 6.10 Å². The summed E-state index contributed by atoms with van der Waals surface area (Å²) in [6.45, 7) is 0. The van der Waals surface area contributed by atoms with Gasteiger partial charge in [0.1, 0.15) is 0 Å². The second-order valence-corrected chi connectivity index (χ2v) is 6.37. The van der Waals surface area contributed by atoms with Crippen LogP contribution in [0.4, 0.5) is 0 Å². The SMILES string of the molecule is O[C@@H]1C2CC3CC(C2)[C@@H](I)C1C3.